The Bertz CT molecular complexity index is 825. The third-order valence-corrected chi connectivity index (χ3v) is 4.60. The predicted octanol–water partition coefficient (Wildman–Crippen LogP) is 3.72. The minimum atomic E-state index is -0.518. The highest BCUT2D eigenvalue weighted by Gasteiger charge is 2.23. The van der Waals surface area contributed by atoms with Gasteiger partial charge in [0.2, 0.25) is 0 Å². The summed E-state index contributed by atoms with van der Waals surface area (Å²) in [4.78, 5) is 36.9. The van der Waals surface area contributed by atoms with Gasteiger partial charge in [-0.15, -0.1) is 11.3 Å². The molecule has 25 heavy (non-hydrogen) atoms. The maximum Gasteiger partial charge on any atom is 0.341 e. The van der Waals surface area contributed by atoms with E-state index in [1.54, 1.807) is 32.0 Å². The van der Waals surface area contributed by atoms with Crippen LogP contribution in [-0.4, -0.2) is 24.5 Å². The first-order valence-corrected chi connectivity index (χ1v) is 8.52. The molecule has 1 aromatic carbocycles. The van der Waals surface area contributed by atoms with E-state index in [2.05, 4.69) is 5.32 Å². The van der Waals surface area contributed by atoms with E-state index in [9.17, 15) is 14.4 Å². The van der Waals surface area contributed by atoms with E-state index in [0.29, 0.717) is 10.6 Å². The maximum absolute atomic E-state index is 12.6. The van der Waals surface area contributed by atoms with Gasteiger partial charge >= 0.3 is 11.9 Å². The van der Waals surface area contributed by atoms with Crippen LogP contribution in [0.5, 0.6) is 5.75 Å². The molecule has 0 aliphatic carbocycles. The second-order valence-corrected chi connectivity index (χ2v) is 6.48. The number of para-hydroxylation sites is 1. The minimum Gasteiger partial charge on any atom is -0.462 e. The Morgan fingerprint density at radius 2 is 1.84 bits per heavy atom. The third-order valence-electron chi connectivity index (χ3n) is 3.48. The van der Waals surface area contributed by atoms with Crippen molar-refractivity contribution in [2.45, 2.75) is 27.7 Å². The molecule has 1 aromatic heterocycles. The molecule has 0 atom stereocenters. The number of hydrogen-bond acceptors (Lipinski definition) is 6. The van der Waals surface area contributed by atoms with Crippen LogP contribution in [0.2, 0.25) is 0 Å². The number of ether oxygens (including phenoxy) is 2. The Balaban J connectivity index is 2.35. The first-order chi connectivity index (χ1) is 11.8. The number of benzene rings is 1. The lowest BCUT2D eigenvalue weighted by Gasteiger charge is -2.10. The van der Waals surface area contributed by atoms with Gasteiger partial charge in [-0.05, 0) is 38.5 Å². The fourth-order valence-electron chi connectivity index (χ4n) is 2.23. The largest absolute Gasteiger partial charge is 0.462 e. The van der Waals surface area contributed by atoms with Crippen LogP contribution in [0.1, 0.15) is 45.0 Å². The molecule has 0 spiro atoms. The number of aryl methyl sites for hydroxylation is 1. The molecule has 1 N–H and O–H groups in total. The van der Waals surface area contributed by atoms with Crippen molar-refractivity contribution in [3.05, 3.63) is 45.8 Å². The van der Waals surface area contributed by atoms with E-state index < -0.39 is 17.8 Å². The molecule has 0 aliphatic rings. The molecule has 1 heterocycles. The van der Waals surface area contributed by atoms with Crippen molar-refractivity contribution >= 4 is 34.2 Å². The molecule has 0 saturated heterocycles. The summed E-state index contributed by atoms with van der Waals surface area (Å²) in [6.07, 6.45) is 0. The standard InChI is InChI=1S/C18H19NO5S/c1-5-23-18(22)15-10(2)11(3)25-17(15)19-16(21)13-8-6-7-9-14(13)24-12(4)20/h6-9H,5H2,1-4H3,(H,19,21). The fourth-order valence-corrected chi connectivity index (χ4v) is 3.28. The van der Waals surface area contributed by atoms with Crippen molar-refractivity contribution in [3.8, 4) is 5.75 Å². The van der Waals surface area contributed by atoms with E-state index in [4.69, 9.17) is 9.47 Å². The number of carbonyl (C=O) groups is 3. The molecule has 1 amide bonds. The predicted molar refractivity (Wildman–Crippen MR) is 95.5 cm³/mol. The van der Waals surface area contributed by atoms with Crippen LogP contribution in [0.25, 0.3) is 0 Å². The SMILES string of the molecule is CCOC(=O)c1c(NC(=O)c2ccccc2OC(C)=O)sc(C)c1C. The van der Waals surface area contributed by atoms with Crippen LogP contribution in [0.4, 0.5) is 5.00 Å². The van der Waals surface area contributed by atoms with Crippen LogP contribution < -0.4 is 10.1 Å². The van der Waals surface area contributed by atoms with Gasteiger partial charge in [-0.2, -0.15) is 0 Å². The summed E-state index contributed by atoms with van der Waals surface area (Å²) >= 11 is 1.30. The first kappa shape index (κ1) is 18.7. The summed E-state index contributed by atoms with van der Waals surface area (Å²) < 4.78 is 10.1. The van der Waals surface area contributed by atoms with E-state index in [0.717, 1.165) is 10.4 Å². The van der Waals surface area contributed by atoms with E-state index in [1.807, 2.05) is 6.92 Å². The number of carbonyl (C=O) groups excluding carboxylic acids is 3. The van der Waals surface area contributed by atoms with Gasteiger partial charge in [-0.1, -0.05) is 12.1 Å². The Morgan fingerprint density at radius 3 is 2.48 bits per heavy atom. The molecule has 0 aliphatic heterocycles. The second kappa shape index (κ2) is 7.94. The zero-order chi connectivity index (χ0) is 18.6. The van der Waals surface area contributed by atoms with Gasteiger partial charge < -0.3 is 14.8 Å². The Hall–Kier alpha value is -2.67. The van der Waals surface area contributed by atoms with E-state index in [-0.39, 0.29) is 17.9 Å². The lowest BCUT2D eigenvalue weighted by Crippen LogP contribution is -2.16. The van der Waals surface area contributed by atoms with Crippen LogP contribution >= 0.6 is 11.3 Å². The summed E-state index contributed by atoms with van der Waals surface area (Å²) in [6, 6.07) is 6.41. The third kappa shape index (κ3) is 4.24. The quantitative estimate of drug-likeness (QED) is 0.648. The normalized spacial score (nSPS) is 10.2. The van der Waals surface area contributed by atoms with Gasteiger partial charge in [0.25, 0.3) is 5.91 Å². The summed E-state index contributed by atoms with van der Waals surface area (Å²) in [7, 11) is 0. The van der Waals surface area contributed by atoms with Crippen molar-refractivity contribution in [1.82, 2.24) is 0 Å². The van der Waals surface area contributed by atoms with Crippen molar-refractivity contribution in [2.24, 2.45) is 0 Å². The monoisotopic (exact) mass is 361 g/mol. The van der Waals surface area contributed by atoms with Crippen molar-refractivity contribution in [1.29, 1.82) is 0 Å². The molecule has 0 bridgehead atoms. The Kier molecular flexibility index (Phi) is 5.93. The van der Waals surface area contributed by atoms with Crippen LogP contribution in [-0.2, 0) is 9.53 Å². The zero-order valence-electron chi connectivity index (χ0n) is 14.5. The summed E-state index contributed by atoms with van der Waals surface area (Å²) in [6.45, 7) is 6.90. The molecular weight excluding hydrogens is 342 g/mol. The van der Waals surface area contributed by atoms with Crippen molar-refractivity contribution in [2.75, 3.05) is 11.9 Å². The molecule has 0 fully saturated rings. The highest BCUT2D eigenvalue weighted by Crippen LogP contribution is 2.34. The zero-order valence-corrected chi connectivity index (χ0v) is 15.3. The number of rotatable bonds is 5. The van der Waals surface area contributed by atoms with Crippen LogP contribution in [0.3, 0.4) is 0 Å². The smallest absolute Gasteiger partial charge is 0.341 e. The van der Waals surface area contributed by atoms with Crippen molar-refractivity contribution in [3.63, 3.8) is 0 Å². The lowest BCUT2D eigenvalue weighted by atomic mass is 10.1. The van der Waals surface area contributed by atoms with Gasteiger partial charge in [0.05, 0.1) is 17.7 Å². The number of anilines is 1. The van der Waals surface area contributed by atoms with Gasteiger partial charge in [0, 0.05) is 11.8 Å². The fraction of sp³-hybridized carbons (Fsp3) is 0.278. The maximum atomic E-state index is 12.6. The number of esters is 2. The minimum absolute atomic E-state index is 0.162. The van der Waals surface area contributed by atoms with E-state index in [1.165, 1.54) is 24.3 Å². The van der Waals surface area contributed by atoms with E-state index >= 15 is 0 Å². The Labute approximate surface area is 149 Å². The molecule has 0 radical (unpaired) electrons. The molecule has 0 saturated carbocycles. The van der Waals surface area contributed by atoms with Gasteiger partial charge in [-0.3, -0.25) is 9.59 Å². The Morgan fingerprint density at radius 1 is 1.16 bits per heavy atom. The summed E-state index contributed by atoms with van der Waals surface area (Å²) in [5, 5.41) is 3.14. The molecule has 132 valence electrons. The molecular formula is C18H19NO5S. The number of nitrogens with one attached hydrogen (secondary N) is 1. The lowest BCUT2D eigenvalue weighted by molar-refractivity contribution is -0.131. The van der Waals surface area contributed by atoms with Gasteiger partial charge in [0.1, 0.15) is 10.8 Å². The van der Waals surface area contributed by atoms with Crippen LogP contribution in [0, 0.1) is 13.8 Å². The highest BCUT2D eigenvalue weighted by molar-refractivity contribution is 7.16. The second-order valence-electron chi connectivity index (χ2n) is 5.25. The summed E-state index contributed by atoms with van der Waals surface area (Å²) in [5.41, 5.74) is 1.32. The molecule has 6 nitrogen and oxygen atoms in total. The average Bonchev–Trinajstić information content (AvgIpc) is 2.81. The molecule has 0 unspecified atom stereocenters. The highest BCUT2D eigenvalue weighted by atomic mass is 32.1. The first-order valence-electron chi connectivity index (χ1n) is 7.71. The van der Waals surface area contributed by atoms with Gasteiger partial charge in [-0.25, -0.2) is 4.79 Å². The van der Waals surface area contributed by atoms with Crippen LogP contribution in [0.15, 0.2) is 24.3 Å². The average molecular weight is 361 g/mol. The number of thiophene rings is 1. The van der Waals surface area contributed by atoms with Gasteiger partial charge in [0.15, 0.2) is 0 Å². The summed E-state index contributed by atoms with van der Waals surface area (Å²) in [5.74, 6) is -1.30. The topological polar surface area (TPSA) is 81.7 Å². The molecule has 7 heteroatoms. The number of amides is 1. The molecule has 2 aromatic rings. The number of hydrogen-bond donors (Lipinski definition) is 1. The van der Waals surface area contributed by atoms with Crippen molar-refractivity contribution < 1.29 is 23.9 Å². The molecule has 2 rings (SSSR count).